The minimum absolute atomic E-state index is 0.0741. The van der Waals surface area contributed by atoms with Crippen molar-refractivity contribution in [1.82, 2.24) is 4.98 Å². The molecule has 19 heavy (non-hydrogen) atoms. The van der Waals surface area contributed by atoms with Gasteiger partial charge in [0.05, 0.1) is 18.0 Å². The van der Waals surface area contributed by atoms with Gasteiger partial charge in [0, 0.05) is 11.6 Å². The molecule has 0 spiro atoms. The van der Waals surface area contributed by atoms with Gasteiger partial charge in [-0.25, -0.2) is 0 Å². The van der Waals surface area contributed by atoms with Gasteiger partial charge in [-0.2, -0.15) is 0 Å². The lowest BCUT2D eigenvalue weighted by atomic mass is 9.95. The Morgan fingerprint density at radius 1 is 1.37 bits per heavy atom. The summed E-state index contributed by atoms with van der Waals surface area (Å²) in [5.74, 6) is -0.0741. The average molecular weight is 255 g/mol. The molecule has 1 aliphatic rings. The SMILES string of the molecule is COC(=O)C1(Cc2ccc3ncc(C)cc3c2)CC1. The number of carbonyl (C=O) groups excluding carboxylic acids is 1. The van der Waals surface area contributed by atoms with Gasteiger partial charge in [0.25, 0.3) is 0 Å². The predicted octanol–water partition coefficient (Wildman–Crippen LogP) is 3.04. The number of esters is 1. The standard InChI is InChI=1S/C16H17NO2/c1-11-7-13-8-12(3-4-14(13)17-10-11)9-16(5-6-16)15(18)19-2/h3-4,7-8,10H,5-6,9H2,1-2H3. The molecule has 0 bridgehead atoms. The molecule has 1 aromatic carbocycles. The first-order valence-electron chi connectivity index (χ1n) is 6.57. The maximum absolute atomic E-state index is 11.8. The molecule has 3 heteroatoms. The third-order valence-corrected chi connectivity index (χ3v) is 3.90. The first-order valence-corrected chi connectivity index (χ1v) is 6.57. The summed E-state index contributed by atoms with van der Waals surface area (Å²) < 4.78 is 4.91. The second kappa shape index (κ2) is 4.34. The third kappa shape index (κ3) is 2.21. The van der Waals surface area contributed by atoms with E-state index in [0.717, 1.165) is 35.7 Å². The fourth-order valence-electron chi connectivity index (χ4n) is 2.61. The summed E-state index contributed by atoms with van der Waals surface area (Å²) in [5.41, 5.74) is 3.07. The second-order valence-electron chi connectivity index (χ2n) is 5.49. The number of hydrogen-bond acceptors (Lipinski definition) is 3. The Hall–Kier alpha value is -1.90. The molecule has 0 unspecified atom stereocenters. The Bertz CT molecular complexity index is 644. The number of carbonyl (C=O) groups is 1. The van der Waals surface area contributed by atoms with Gasteiger partial charge in [-0.15, -0.1) is 0 Å². The van der Waals surface area contributed by atoms with Crippen molar-refractivity contribution in [2.45, 2.75) is 26.2 Å². The summed E-state index contributed by atoms with van der Waals surface area (Å²) in [6.07, 6.45) is 4.51. The zero-order chi connectivity index (χ0) is 13.5. The number of methoxy groups -OCH3 is 1. The summed E-state index contributed by atoms with van der Waals surface area (Å²) in [7, 11) is 1.47. The number of rotatable bonds is 3. The van der Waals surface area contributed by atoms with Gasteiger partial charge >= 0.3 is 5.97 Å². The largest absolute Gasteiger partial charge is 0.469 e. The van der Waals surface area contributed by atoms with Crippen molar-refractivity contribution in [2.75, 3.05) is 7.11 Å². The van der Waals surface area contributed by atoms with E-state index in [1.165, 1.54) is 12.7 Å². The lowest BCUT2D eigenvalue weighted by Crippen LogP contribution is -2.19. The Balaban J connectivity index is 1.92. The van der Waals surface area contributed by atoms with Crippen LogP contribution in [0, 0.1) is 12.3 Å². The van der Waals surface area contributed by atoms with Crippen molar-refractivity contribution in [3.8, 4) is 0 Å². The number of pyridine rings is 1. The number of fused-ring (bicyclic) bond motifs is 1. The Morgan fingerprint density at radius 2 is 2.16 bits per heavy atom. The highest BCUT2D eigenvalue weighted by atomic mass is 16.5. The number of hydrogen-bond donors (Lipinski definition) is 0. The molecule has 0 aliphatic heterocycles. The first-order chi connectivity index (χ1) is 9.13. The van der Waals surface area contributed by atoms with Gasteiger partial charge in [-0.05, 0) is 55.5 Å². The number of benzene rings is 1. The van der Waals surface area contributed by atoms with Crippen molar-refractivity contribution in [3.63, 3.8) is 0 Å². The number of nitrogens with zero attached hydrogens (tertiary/aromatic N) is 1. The van der Waals surface area contributed by atoms with Gasteiger partial charge in [0.1, 0.15) is 0 Å². The summed E-state index contributed by atoms with van der Waals surface area (Å²) in [5, 5.41) is 1.14. The normalized spacial score (nSPS) is 16.3. The third-order valence-electron chi connectivity index (χ3n) is 3.90. The number of ether oxygens (including phenoxy) is 1. The highest BCUT2D eigenvalue weighted by Gasteiger charge is 2.50. The summed E-state index contributed by atoms with van der Waals surface area (Å²) in [6, 6.07) is 8.35. The monoisotopic (exact) mass is 255 g/mol. The molecule has 98 valence electrons. The fourth-order valence-corrected chi connectivity index (χ4v) is 2.61. The summed E-state index contributed by atoms with van der Waals surface area (Å²) in [6.45, 7) is 2.04. The molecule has 0 N–H and O–H groups in total. The Labute approximate surface area is 112 Å². The van der Waals surface area contributed by atoms with Crippen molar-refractivity contribution < 1.29 is 9.53 Å². The van der Waals surface area contributed by atoms with E-state index in [9.17, 15) is 4.79 Å². The molecule has 2 aromatic rings. The number of aryl methyl sites for hydroxylation is 1. The summed E-state index contributed by atoms with van der Waals surface area (Å²) in [4.78, 5) is 16.2. The highest BCUT2D eigenvalue weighted by Crippen LogP contribution is 2.49. The van der Waals surface area contributed by atoms with Crippen molar-refractivity contribution >= 4 is 16.9 Å². The van der Waals surface area contributed by atoms with Crippen LogP contribution in [-0.2, 0) is 16.0 Å². The molecule has 1 aliphatic carbocycles. The molecule has 1 heterocycles. The van der Waals surface area contributed by atoms with Crippen LogP contribution in [0.15, 0.2) is 30.5 Å². The molecule has 3 nitrogen and oxygen atoms in total. The first kappa shape index (κ1) is 12.2. The molecular formula is C16H17NO2. The van der Waals surface area contributed by atoms with Crippen LogP contribution in [0.2, 0.25) is 0 Å². The molecule has 3 rings (SSSR count). The number of aromatic nitrogens is 1. The lowest BCUT2D eigenvalue weighted by molar-refractivity contribution is -0.147. The quantitative estimate of drug-likeness (QED) is 0.791. The molecule has 1 saturated carbocycles. The van der Waals surface area contributed by atoms with E-state index >= 15 is 0 Å². The van der Waals surface area contributed by atoms with E-state index in [4.69, 9.17) is 4.74 Å². The molecule has 1 fully saturated rings. The van der Waals surface area contributed by atoms with E-state index in [1.54, 1.807) is 0 Å². The average Bonchev–Trinajstić information content (AvgIpc) is 3.18. The summed E-state index contributed by atoms with van der Waals surface area (Å²) >= 11 is 0. The minimum Gasteiger partial charge on any atom is -0.469 e. The van der Waals surface area contributed by atoms with E-state index < -0.39 is 0 Å². The van der Waals surface area contributed by atoms with Gasteiger partial charge in [0.2, 0.25) is 0 Å². The Morgan fingerprint density at radius 3 is 2.84 bits per heavy atom. The molecule has 0 atom stereocenters. The second-order valence-corrected chi connectivity index (χ2v) is 5.49. The zero-order valence-electron chi connectivity index (χ0n) is 11.3. The van der Waals surface area contributed by atoms with Gasteiger partial charge < -0.3 is 4.74 Å². The van der Waals surface area contributed by atoms with Crippen LogP contribution in [-0.4, -0.2) is 18.1 Å². The van der Waals surface area contributed by atoms with Crippen LogP contribution in [0.5, 0.6) is 0 Å². The lowest BCUT2D eigenvalue weighted by Gasteiger charge is -2.12. The van der Waals surface area contributed by atoms with E-state index in [-0.39, 0.29) is 11.4 Å². The molecule has 0 saturated heterocycles. The zero-order valence-corrected chi connectivity index (χ0v) is 11.3. The molecule has 1 aromatic heterocycles. The maximum Gasteiger partial charge on any atom is 0.312 e. The van der Waals surface area contributed by atoms with E-state index in [1.807, 2.05) is 19.2 Å². The molecule has 0 radical (unpaired) electrons. The van der Waals surface area contributed by atoms with Crippen LogP contribution in [0.1, 0.15) is 24.0 Å². The Kier molecular flexibility index (Phi) is 2.77. The van der Waals surface area contributed by atoms with Crippen LogP contribution >= 0.6 is 0 Å². The van der Waals surface area contributed by atoms with Crippen LogP contribution < -0.4 is 0 Å². The topological polar surface area (TPSA) is 39.2 Å². The van der Waals surface area contributed by atoms with Crippen molar-refractivity contribution in [2.24, 2.45) is 5.41 Å². The fraction of sp³-hybridized carbons (Fsp3) is 0.375. The van der Waals surface area contributed by atoms with Crippen LogP contribution in [0.25, 0.3) is 10.9 Å². The molecule has 0 amide bonds. The van der Waals surface area contributed by atoms with Gasteiger partial charge in [0.15, 0.2) is 0 Å². The molecular weight excluding hydrogens is 238 g/mol. The van der Waals surface area contributed by atoms with Crippen LogP contribution in [0.4, 0.5) is 0 Å². The van der Waals surface area contributed by atoms with Crippen molar-refractivity contribution in [1.29, 1.82) is 0 Å². The predicted molar refractivity (Wildman–Crippen MR) is 73.9 cm³/mol. The van der Waals surface area contributed by atoms with Crippen molar-refractivity contribution in [3.05, 3.63) is 41.6 Å². The van der Waals surface area contributed by atoms with Gasteiger partial charge in [-0.3, -0.25) is 9.78 Å². The van der Waals surface area contributed by atoms with E-state index in [0.29, 0.717) is 0 Å². The smallest absolute Gasteiger partial charge is 0.312 e. The minimum atomic E-state index is -0.264. The van der Waals surface area contributed by atoms with Crippen LogP contribution in [0.3, 0.4) is 0 Å². The van der Waals surface area contributed by atoms with Gasteiger partial charge in [-0.1, -0.05) is 6.07 Å². The van der Waals surface area contributed by atoms with E-state index in [2.05, 4.69) is 23.2 Å². The maximum atomic E-state index is 11.8. The highest BCUT2D eigenvalue weighted by molar-refractivity contribution is 5.82.